The lowest BCUT2D eigenvalue weighted by molar-refractivity contribution is -0.151. The van der Waals surface area contributed by atoms with Crippen molar-refractivity contribution >= 4 is 17.8 Å². The number of hydrogen-bond donors (Lipinski definition) is 0. The van der Waals surface area contributed by atoms with Crippen molar-refractivity contribution in [1.29, 1.82) is 0 Å². The zero-order valence-corrected chi connectivity index (χ0v) is 16.5. The van der Waals surface area contributed by atoms with E-state index in [1.807, 2.05) is 30.3 Å². The molecule has 2 aliphatic heterocycles. The Morgan fingerprint density at radius 2 is 1.93 bits per heavy atom. The van der Waals surface area contributed by atoms with E-state index in [9.17, 15) is 19.2 Å². The lowest BCUT2D eigenvalue weighted by atomic mass is 9.93. The molecule has 9 heteroatoms. The molecule has 2 fully saturated rings. The number of nitrogens with zero attached hydrogens (tertiary/aromatic N) is 4. The highest BCUT2D eigenvalue weighted by atomic mass is 16.5. The fourth-order valence-corrected chi connectivity index (χ4v) is 4.40. The molecule has 3 heterocycles. The summed E-state index contributed by atoms with van der Waals surface area (Å²) in [4.78, 5) is 56.9. The van der Waals surface area contributed by atoms with Crippen LogP contribution >= 0.6 is 0 Å². The predicted molar refractivity (Wildman–Crippen MR) is 105 cm³/mol. The Morgan fingerprint density at radius 3 is 2.63 bits per heavy atom. The lowest BCUT2D eigenvalue weighted by Gasteiger charge is -2.40. The topological polar surface area (TPSA) is 102 Å². The predicted octanol–water partition coefficient (Wildman–Crippen LogP) is 0.217. The van der Waals surface area contributed by atoms with Gasteiger partial charge in [0.2, 0.25) is 11.8 Å². The van der Waals surface area contributed by atoms with Crippen molar-refractivity contribution < 1.29 is 19.1 Å². The van der Waals surface area contributed by atoms with Gasteiger partial charge in [-0.3, -0.25) is 19.0 Å². The van der Waals surface area contributed by atoms with Crippen molar-refractivity contribution in [1.82, 2.24) is 19.4 Å². The molecule has 0 radical (unpaired) electrons. The minimum Gasteiger partial charge on any atom is -0.469 e. The van der Waals surface area contributed by atoms with Gasteiger partial charge in [-0.05, 0) is 18.1 Å². The normalized spacial score (nSPS) is 23.2. The third-order valence-electron chi connectivity index (χ3n) is 5.73. The first-order valence-corrected chi connectivity index (χ1v) is 9.72. The lowest BCUT2D eigenvalue weighted by Crippen LogP contribution is -2.56. The molecule has 0 aliphatic carbocycles. The standard InChI is InChI=1S/C21H22N4O5/c1-30-20(28)16-10-15-11-24(17(26)12-23-9-5-8-22-21(23)29)13-18(27)25(15)19(16)14-6-3-2-4-7-14/h2-9,15-16,19H,10-13H2,1H3/t15-,16-,19-/m0/s1. The van der Waals surface area contributed by atoms with Gasteiger partial charge in [0.1, 0.15) is 6.54 Å². The van der Waals surface area contributed by atoms with Crippen molar-refractivity contribution in [3.8, 4) is 0 Å². The monoisotopic (exact) mass is 410 g/mol. The summed E-state index contributed by atoms with van der Waals surface area (Å²) < 4.78 is 6.20. The number of carbonyl (C=O) groups excluding carboxylic acids is 3. The maximum Gasteiger partial charge on any atom is 0.347 e. The minimum absolute atomic E-state index is 0.0957. The molecule has 2 amide bonds. The van der Waals surface area contributed by atoms with Gasteiger partial charge in [0.05, 0.1) is 31.7 Å². The highest BCUT2D eigenvalue weighted by molar-refractivity contribution is 5.88. The number of esters is 1. The molecule has 3 atom stereocenters. The molecule has 0 saturated carbocycles. The van der Waals surface area contributed by atoms with E-state index in [0.29, 0.717) is 13.0 Å². The van der Waals surface area contributed by atoms with Gasteiger partial charge in [0, 0.05) is 18.9 Å². The number of piperazine rings is 1. The number of hydrogen-bond acceptors (Lipinski definition) is 6. The Bertz CT molecular complexity index is 1020. The summed E-state index contributed by atoms with van der Waals surface area (Å²) in [6.07, 6.45) is 3.26. The van der Waals surface area contributed by atoms with E-state index in [2.05, 4.69) is 4.98 Å². The van der Waals surface area contributed by atoms with Crippen LogP contribution < -0.4 is 5.69 Å². The van der Waals surface area contributed by atoms with Crippen molar-refractivity contribution in [2.45, 2.75) is 25.0 Å². The van der Waals surface area contributed by atoms with Crippen LogP contribution in [-0.2, 0) is 25.7 Å². The number of amides is 2. The molecule has 0 spiro atoms. The maximum absolute atomic E-state index is 13.0. The molecule has 2 aromatic rings. The van der Waals surface area contributed by atoms with Crippen molar-refractivity contribution in [3.63, 3.8) is 0 Å². The molecule has 2 saturated heterocycles. The van der Waals surface area contributed by atoms with Crippen molar-refractivity contribution in [3.05, 3.63) is 64.8 Å². The highest BCUT2D eigenvalue weighted by Crippen LogP contribution is 2.43. The van der Waals surface area contributed by atoms with E-state index in [0.717, 1.165) is 5.56 Å². The van der Waals surface area contributed by atoms with E-state index in [4.69, 9.17) is 4.74 Å². The molecular weight excluding hydrogens is 388 g/mol. The van der Waals surface area contributed by atoms with E-state index < -0.39 is 17.6 Å². The number of carbonyl (C=O) groups is 3. The van der Waals surface area contributed by atoms with Gasteiger partial charge in [-0.15, -0.1) is 0 Å². The molecule has 9 nitrogen and oxygen atoms in total. The zero-order chi connectivity index (χ0) is 21.3. The van der Waals surface area contributed by atoms with Crippen molar-refractivity contribution in [2.75, 3.05) is 20.2 Å². The number of rotatable bonds is 4. The summed E-state index contributed by atoms with van der Waals surface area (Å²) in [5.41, 5.74) is 0.344. The third-order valence-corrected chi connectivity index (χ3v) is 5.73. The second-order valence-electron chi connectivity index (χ2n) is 7.48. The quantitative estimate of drug-likeness (QED) is 0.668. The Labute approximate surface area is 172 Å². The van der Waals surface area contributed by atoms with Crippen LogP contribution in [-0.4, -0.2) is 63.4 Å². The number of fused-ring (bicyclic) bond motifs is 1. The summed E-state index contributed by atoms with van der Waals surface area (Å²) in [7, 11) is 1.34. The number of methoxy groups -OCH3 is 1. The third kappa shape index (κ3) is 3.58. The zero-order valence-electron chi connectivity index (χ0n) is 16.5. The summed E-state index contributed by atoms with van der Waals surface area (Å²) in [5.74, 6) is -1.43. The fourth-order valence-electron chi connectivity index (χ4n) is 4.40. The molecule has 0 unspecified atom stereocenters. The molecule has 2 aliphatic rings. The van der Waals surface area contributed by atoms with Gasteiger partial charge in [0.15, 0.2) is 0 Å². The van der Waals surface area contributed by atoms with Gasteiger partial charge in [0.25, 0.3) is 0 Å². The van der Waals surface area contributed by atoms with Crippen LogP contribution in [0.3, 0.4) is 0 Å². The van der Waals surface area contributed by atoms with Crippen LogP contribution in [0.1, 0.15) is 18.0 Å². The van der Waals surface area contributed by atoms with E-state index in [1.165, 1.54) is 29.0 Å². The summed E-state index contributed by atoms with van der Waals surface area (Å²) >= 11 is 0. The molecule has 156 valence electrons. The summed E-state index contributed by atoms with van der Waals surface area (Å²) in [6, 6.07) is 10.2. The molecule has 0 N–H and O–H groups in total. The Hall–Kier alpha value is -3.49. The van der Waals surface area contributed by atoms with Crippen LogP contribution in [0, 0.1) is 5.92 Å². The van der Waals surface area contributed by atoms with Gasteiger partial charge in [-0.1, -0.05) is 30.3 Å². The SMILES string of the molecule is COC(=O)[C@H]1C[C@H]2CN(C(=O)Cn3cccnc3=O)CC(=O)N2[C@H]1c1ccccc1. The fraction of sp³-hybridized carbons (Fsp3) is 0.381. The molecular formula is C21H22N4O5. The highest BCUT2D eigenvalue weighted by Gasteiger charge is 2.51. The number of aromatic nitrogens is 2. The first-order chi connectivity index (χ1) is 14.5. The van der Waals surface area contributed by atoms with E-state index in [1.54, 1.807) is 11.0 Å². The van der Waals surface area contributed by atoms with Crippen LogP contribution in [0.4, 0.5) is 0 Å². The van der Waals surface area contributed by atoms with Crippen LogP contribution in [0.25, 0.3) is 0 Å². The van der Waals surface area contributed by atoms with Gasteiger partial charge >= 0.3 is 11.7 Å². The smallest absolute Gasteiger partial charge is 0.347 e. The van der Waals surface area contributed by atoms with Crippen molar-refractivity contribution in [2.24, 2.45) is 5.92 Å². The average molecular weight is 410 g/mol. The first kappa shape index (κ1) is 19.8. The Kier molecular flexibility index (Phi) is 5.35. The second kappa shape index (κ2) is 8.10. The minimum atomic E-state index is -0.522. The van der Waals surface area contributed by atoms with Gasteiger partial charge in [-0.25, -0.2) is 9.78 Å². The van der Waals surface area contributed by atoms with Gasteiger partial charge in [-0.2, -0.15) is 0 Å². The Morgan fingerprint density at radius 1 is 1.17 bits per heavy atom. The summed E-state index contributed by atoms with van der Waals surface area (Å²) in [5, 5.41) is 0. The first-order valence-electron chi connectivity index (χ1n) is 9.72. The molecule has 0 bridgehead atoms. The summed E-state index contributed by atoms with van der Waals surface area (Å²) in [6.45, 7) is 0.0210. The number of ether oxygens (including phenoxy) is 1. The molecule has 1 aromatic heterocycles. The Balaban J connectivity index is 1.57. The van der Waals surface area contributed by atoms with Crippen LogP contribution in [0.2, 0.25) is 0 Å². The molecule has 30 heavy (non-hydrogen) atoms. The number of benzene rings is 1. The van der Waals surface area contributed by atoms with Crippen LogP contribution in [0.15, 0.2) is 53.6 Å². The van der Waals surface area contributed by atoms with E-state index in [-0.39, 0.29) is 36.9 Å². The van der Waals surface area contributed by atoms with E-state index >= 15 is 0 Å². The molecule has 1 aromatic carbocycles. The van der Waals surface area contributed by atoms with Crippen LogP contribution in [0.5, 0.6) is 0 Å². The maximum atomic E-state index is 13.0. The van der Waals surface area contributed by atoms with Gasteiger partial charge < -0.3 is 14.5 Å². The largest absolute Gasteiger partial charge is 0.469 e. The second-order valence-corrected chi connectivity index (χ2v) is 7.48. The molecule has 4 rings (SSSR count). The average Bonchev–Trinajstić information content (AvgIpc) is 3.15.